The van der Waals surface area contributed by atoms with Crippen molar-refractivity contribution in [3.8, 4) is 22.3 Å². The van der Waals surface area contributed by atoms with Crippen LogP contribution in [-0.4, -0.2) is 0 Å². The first-order valence-corrected chi connectivity index (χ1v) is 15.6. The van der Waals surface area contributed by atoms with Gasteiger partial charge in [-0.15, -0.1) is 11.3 Å². The Morgan fingerprint density at radius 2 is 1.33 bits per heavy atom. The second-order valence-electron chi connectivity index (χ2n) is 11.6. The largest absolute Gasteiger partial charge is 0.455 e. The number of fused-ring (bicyclic) bond motifs is 12. The average Bonchev–Trinajstić information content (AvgIpc) is 3.74. The Balaban J connectivity index is 1.26. The minimum Gasteiger partial charge on any atom is -0.455 e. The van der Waals surface area contributed by atoms with Crippen LogP contribution in [0.1, 0.15) is 22.6 Å². The molecule has 0 saturated carbocycles. The van der Waals surface area contributed by atoms with Gasteiger partial charge in [-0.1, -0.05) is 121 Å². The monoisotopic (exact) mass is 564 g/mol. The van der Waals surface area contributed by atoms with Crippen LogP contribution in [0.5, 0.6) is 0 Å². The van der Waals surface area contributed by atoms with Crippen LogP contribution in [0.2, 0.25) is 0 Å². The van der Waals surface area contributed by atoms with E-state index in [1.165, 1.54) is 80.7 Å². The van der Waals surface area contributed by atoms with Crippen molar-refractivity contribution >= 4 is 64.2 Å². The number of rotatable bonds is 2. The van der Waals surface area contributed by atoms with Crippen LogP contribution in [0, 0.1) is 0 Å². The predicted molar refractivity (Wildman–Crippen MR) is 182 cm³/mol. The highest BCUT2D eigenvalue weighted by Gasteiger charge is 2.34. The first-order valence-electron chi connectivity index (χ1n) is 14.8. The van der Waals surface area contributed by atoms with Gasteiger partial charge in [0.1, 0.15) is 11.2 Å². The summed E-state index contributed by atoms with van der Waals surface area (Å²) >= 11 is 1.88. The third kappa shape index (κ3) is 3.22. The Morgan fingerprint density at radius 3 is 2.28 bits per heavy atom. The molecule has 1 nitrogen and oxygen atoms in total. The number of benzene rings is 7. The molecular weight excluding hydrogens is 541 g/mol. The summed E-state index contributed by atoms with van der Waals surface area (Å²) in [6, 6.07) is 51.1. The van der Waals surface area contributed by atoms with E-state index in [9.17, 15) is 0 Å². The summed E-state index contributed by atoms with van der Waals surface area (Å²) in [5, 5.41) is 7.61. The van der Waals surface area contributed by atoms with Gasteiger partial charge in [0.25, 0.3) is 0 Å². The average molecular weight is 565 g/mol. The highest BCUT2D eigenvalue weighted by molar-refractivity contribution is 7.25. The highest BCUT2D eigenvalue weighted by atomic mass is 32.1. The van der Waals surface area contributed by atoms with E-state index in [2.05, 4.69) is 140 Å². The Kier molecular flexibility index (Phi) is 4.72. The summed E-state index contributed by atoms with van der Waals surface area (Å²) in [6.07, 6.45) is 0. The van der Waals surface area contributed by atoms with Gasteiger partial charge < -0.3 is 4.42 Å². The van der Waals surface area contributed by atoms with E-state index in [0.29, 0.717) is 0 Å². The molecule has 0 bridgehead atoms. The molecule has 0 fully saturated rings. The first-order chi connectivity index (χ1) is 21.3. The molecule has 0 amide bonds. The molecule has 2 heterocycles. The molecule has 1 atom stereocenters. The lowest BCUT2D eigenvalue weighted by atomic mass is 9.85. The van der Waals surface area contributed by atoms with Crippen LogP contribution in [-0.2, 0) is 0 Å². The van der Waals surface area contributed by atoms with Gasteiger partial charge in [0, 0.05) is 42.4 Å². The van der Waals surface area contributed by atoms with E-state index in [4.69, 9.17) is 4.42 Å². The lowest BCUT2D eigenvalue weighted by Crippen LogP contribution is -2.00. The summed E-state index contributed by atoms with van der Waals surface area (Å²) < 4.78 is 9.29. The number of hydrogen-bond acceptors (Lipinski definition) is 2. The minimum atomic E-state index is 0.104. The summed E-state index contributed by atoms with van der Waals surface area (Å²) in [5.74, 6) is 0.104. The standard InChI is InChI=1S/C41H24OS/c1-2-12-27-24(9-1)19-20-33-39(27)37(32-22-21-30-29-13-3-5-16-34(29)42-41(30)40(32)33)26-11-7-10-25(23-26)28-15-8-18-36-38(28)31-14-4-6-17-35(31)43-36/h1-23,37H/t37-/m0/s1. The molecule has 2 aromatic heterocycles. The molecule has 1 aliphatic rings. The fraction of sp³-hybridized carbons (Fsp3) is 0.0244. The molecule has 200 valence electrons. The first kappa shape index (κ1) is 23.4. The lowest BCUT2D eigenvalue weighted by molar-refractivity contribution is 0.670. The number of furan rings is 1. The molecule has 0 N–H and O–H groups in total. The normalized spacial score (nSPS) is 14.3. The van der Waals surface area contributed by atoms with Crippen LogP contribution in [0.3, 0.4) is 0 Å². The number of hydrogen-bond donors (Lipinski definition) is 0. The Bertz CT molecular complexity index is 2580. The summed E-state index contributed by atoms with van der Waals surface area (Å²) in [7, 11) is 0. The molecule has 7 aromatic carbocycles. The van der Waals surface area contributed by atoms with E-state index in [1.54, 1.807) is 0 Å². The molecule has 0 unspecified atom stereocenters. The topological polar surface area (TPSA) is 13.1 Å². The maximum atomic E-state index is 6.62. The van der Waals surface area contributed by atoms with Crippen LogP contribution >= 0.6 is 11.3 Å². The lowest BCUT2D eigenvalue weighted by Gasteiger charge is -2.18. The fourth-order valence-corrected chi connectivity index (χ4v) is 8.68. The second kappa shape index (κ2) is 8.67. The fourth-order valence-electron chi connectivity index (χ4n) is 7.55. The summed E-state index contributed by atoms with van der Waals surface area (Å²) in [4.78, 5) is 0. The van der Waals surface area contributed by atoms with Crippen molar-refractivity contribution in [3.05, 3.63) is 156 Å². The van der Waals surface area contributed by atoms with Gasteiger partial charge in [-0.2, -0.15) is 0 Å². The van der Waals surface area contributed by atoms with Gasteiger partial charge in [0.2, 0.25) is 0 Å². The Labute approximate surface area is 252 Å². The van der Waals surface area contributed by atoms with E-state index in [-0.39, 0.29) is 5.92 Å². The molecular formula is C41H24OS. The van der Waals surface area contributed by atoms with Crippen molar-refractivity contribution in [1.29, 1.82) is 0 Å². The Morgan fingerprint density at radius 1 is 0.535 bits per heavy atom. The molecule has 0 saturated heterocycles. The van der Waals surface area contributed by atoms with Crippen LogP contribution in [0.4, 0.5) is 0 Å². The van der Waals surface area contributed by atoms with E-state index in [0.717, 1.165) is 11.2 Å². The van der Waals surface area contributed by atoms with Crippen molar-refractivity contribution < 1.29 is 4.42 Å². The predicted octanol–water partition coefficient (Wildman–Crippen LogP) is 11.9. The zero-order chi connectivity index (χ0) is 28.1. The van der Waals surface area contributed by atoms with Crippen LogP contribution in [0.15, 0.2) is 144 Å². The van der Waals surface area contributed by atoms with Crippen molar-refractivity contribution in [1.82, 2.24) is 0 Å². The van der Waals surface area contributed by atoms with Gasteiger partial charge in [0.15, 0.2) is 0 Å². The van der Waals surface area contributed by atoms with Crippen LogP contribution < -0.4 is 0 Å². The van der Waals surface area contributed by atoms with Gasteiger partial charge in [-0.25, -0.2) is 0 Å². The molecule has 0 aliphatic heterocycles. The van der Waals surface area contributed by atoms with Gasteiger partial charge in [-0.05, 0) is 62.4 Å². The van der Waals surface area contributed by atoms with Crippen molar-refractivity contribution in [2.24, 2.45) is 0 Å². The third-order valence-electron chi connectivity index (χ3n) is 9.35. The van der Waals surface area contributed by atoms with Crippen molar-refractivity contribution in [3.63, 3.8) is 0 Å². The van der Waals surface area contributed by atoms with Gasteiger partial charge in [0.05, 0.1) is 0 Å². The number of thiophene rings is 1. The zero-order valence-electron chi connectivity index (χ0n) is 23.2. The van der Waals surface area contributed by atoms with Crippen molar-refractivity contribution in [2.75, 3.05) is 0 Å². The summed E-state index contributed by atoms with van der Waals surface area (Å²) in [5.41, 5.74) is 11.0. The van der Waals surface area contributed by atoms with Crippen LogP contribution in [0.25, 0.3) is 75.1 Å². The zero-order valence-corrected chi connectivity index (χ0v) is 24.0. The molecule has 0 spiro atoms. The van der Waals surface area contributed by atoms with E-state index < -0.39 is 0 Å². The molecule has 2 heteroatoms. The van der Waals surface area contributed by atoms with Gasteiger partial charge >= 0.3 is 0 Å². The SMILES string of the molecule is c1cc(-c2cccc3sc4ccccc4c23)cc([C@H]2c3ccc4c(oc5ccccc54)c3-c3ccc4ccccc4c32)c1. The molecule has 9 aromatic rings. The van der Waals surface area contributed by atoms with E-state index in [1.807, 2.05) is 11.3 Å². The number of para-hydroxylation sites is 1. The van der Waals surface area contributed by atoms with E-state index >= 15 is 0 Å². The molecule has 1 aliphatic carbocycles. The van der Waals surface area contributed by atoms with Gasteiger partial charge in [-0.3, -0.25) is 0 Å². The highest BCUT2D eigenvalue weighted by Crippen LogP contribution is 2.54. The second-order valence-corrected chi connectivity index (χ2v) is 12.7. The van der Waals surface area contributed by atoms with Crippen molar-refractivity contribution in [2.45, 2.75) is 5.92 Å². The third-order valence-corrected chi connectivity index (χ3v) is 10.5. The molecule has 0 radical (unpaired) electrons. The molecule has 10 rings (SSSR count). The quantitative estimate of drug-likeness (QED) is 0.203. The minimum absolute atomic E-state index is 0.104. The maximum absolute atomic E-state index is 6.62. The Hall–Kier alpha value is -5.18. The summed E-state index contributed by atoms with van der Waals surface area (Å²) in [6.45, 7) is 0. The maximum Gasteiger partial charge on any atom is 0.143 e. The smallest absolute Gasteiger partial charge is 0.143 e. The molecule has 43 heavy (non-hydrogen) atoms.